The summed E-state index contributed by atoms with van der Waals surface area (Å²) in [5.41, 5.74) is 1.33. The van der Waals surface area contributed by atoms with E-state index in [1.807, 2.05) is 18.2 Å². The number of hydrogen-bond acceptors (Lipinski definition) is 4. The summed E-state index contributed by atoms with van der Waals surface area (Å²) >= 11 is 13.6. The van der Waals surface area contributed by atoms with Gasteiger partial charge in [-0.1, -0.05) is 47.5 Å². The minimum atomic E-state index is -0.145. The fourth-order valence-electron chi connectivity index (χ4n) is 2.18. The number of halogens is 2. The van der Waals surface area contributed by atoms with Crippen molar-refractivity contribution in [3.63, 3.8) is 0 Å². The summed E-state index contributed by atoms with van der Waals surface area (Å²) in [5.74, 6) is -0.145. The maximum atomic E-state index is 12.7. The SMILES string of the molecule is C=CCN1C(=O)/C(=C/c2ccccc2Cl)SC1=Nc1ccncc1Cl. The van der Waals surface area contributed by atoms with Gasteiger partial charge in [-0.25, -0.2) is 4.99 Å². The lowest BCUT2D eigenvalue weighted by Gasteiger charge is -2.12. The van der Waals surface area contributed by atoms with E-state index in [4.69, 9.17) is 23.2 Å². The molecule has 2 aromatic rings. The molecule has 0 radical (unpaired) electrons. The molecule has 0 aliphatic carbocycles. The number of nitrogens with zero attached hydrogens (tertiary/aromatic N) is 3. The summed E-state index contributed by atoms with van der Waals surface area (Å²) in [6, 6.07) is 9.05. The molecule has 1 aromatic heterocycles. The van der Waals surface area contributed by atoms with E-state index in [0.717, 1.165) is 5.56 Å². The standard InChI is InChI=1S/C18H13Cl2N3OS/c1-2-9-23-17(24)16(10-12-5-3-4-6-13(12)19)25-18(23)22-15-7-8-21-11-14(15)20/h2-8,10-11H,1,9H2/b16-10-,22-18?. The van der Waals surface area contributed by atoms with Crippen molar-refractivity contribution in [1.29, 1.82) is 0 Å². The molecule has 1 aliphatic heterocycles. The smallest absolute Gasteiger partial charge is 0.267 e. The average Bonchev–Trinajstić information content (AvgIpc) is 2.88. The molecule has 0 saturated carbocycles. The largest absolute Gasteiger partial charge is 0.283 e. The summed E-state index contributed by atoms with van der Waals surface area (Å²) in [5, 5.41) is 1.54. The van der Waals surface area contributed by atoms with Gasteiger partial charge in [0.05, 0.1) is 15.6 Å². The monoisotopic (exact) mass is 389 g/mol. The van der Waals surface area contributed by atoms with Crippen LogP contribution in [0.5, 0.6) is 0 Å². The van der Waals surface area contributed by atoms with Gasteiger partial charge in [0.1, 0.15) is 0 Å². The van der Waals surface area contributed by atoms with Crippen molar-refractivity contribution in [1.82, 2.24) is 9.88 Å². The van der Waals surface area contributed by atoms with Crippen molar-refractivity contribution in [3.8, 4) is 0 Å². The zero-order chi connectivity index (χ0) is 17.8. The second-order valence-electron chi connectivity index (χ2n) is 5.06. The van der Waals surface area contributed by atoms with Crippen LogP contribution >= 0.6 is 35.0 Å². The predicted molar refractivity (Wildman–Crippen MR) is 105 cm³/mol. The molecule has 1 amide bonds. The molecule has 0 spiro atoms. The predicted octanol–water partition coefficient (Wildman–Crippen LogP) is 5.18. The van der Waals surface area contributed by atoms with E-state index in [0.29, 0.717) is 32.4 Å². The number of hydrogen-bond donors (Lipinski definition) is 0. The van der Waals surface area contributed by atoms with Gasteiger partial charge >= 0.3 is 0 Å². The van der Waals surface area contributed by atoms with Crippen molar-refractivity contribution in [2.24, 2.45) is 4.99 Å². The Kier molecular flexibility index (Phi) is 5.58. The number of carbonyl (C=O) groups is 1. The number of amidine groups is 1. The van der Waals surface area contributed by atoms with Crippen LogP contribution < -0.4 is 0 Å². The minimum Gasteiger partial charge on any atom is -0.283 e. The van der Waals surface area contributed by atoms with Gasteiger partial charge in [0, 0.05) is 24.0 Å². The zero-order valence-electron chi connectivity index (χ0n) is 13.0. The lowest BCUT2D eigenvalue weighted by Crippen LogP contribution is -2.29. The summed E-state index contributed by atoms with van der Waals surface area (Å²) < 4.78 is 0. The number of aromatic nitrogens is 1. The summed E-state index contributed by atoms with van der Waals surface area (Å²) in [4.78, 5) is 23.3. The molecule has 0 bridgehead atoms. The van der Waals surface area contributed by atoms with E-state index in [1.54, 1.807) is 35.4 Å². The number of carbonyl (C=O) groups excluding carboxylic acids is 1. The highest BCUT2D eigenvalue weighted by atomic mass is 35.5. The number of amides is 1. The van der Waals surface area contributed by atoms with E-state index in [9.17, 15) is 4.79 Å². The normalized spacial score (nSPS) is 17.5. The Hall–Kier alpha value is -2.08. The second-order valence-corrected chi connectivity index (χ2v) is 6.88. The molecular formula is C18H13Cl2N3OS. The van der Waals surface area contributed by atoms with Crippen LogP contribution in [0.2, 0.25) is 10.0 Å². The van der Waals surface area contributed by atoms with Crippen LogP contribution in [-0.2, 0) is 4.79 Å². The molecule has 126 valence electrons. The van der Waals surface area contributed by atoms with Crippen LogP contribution in [0.1, 0.15) is 5.56 Å². The van der Waals surface area contributed by atoms with Crippen LogP contribution in [0, 0.1) is 0 Å². The summed E-state index contributed by atoms with van der Waals surface area (Å²) in [7, 11) is 0. The van der Waals surface area contributed by atoms with Crippen LogP contribution in [-0.4, -0.2) is 27.5 Å². The van der Waals surface area contributed by atoms with Gasteiger partial charge in [-0.3, -0.25) is 14.7 Å². The molecule has 1 fully saturated rings. The first-order valence-corrected chi connectivity index (χ1v) is 8.92. The quantitative estimate of drug-likeness (QED) is 0.534. The molecule has 25 heavy (non-hydrogen) atoms. The van der Waals surface area contributed by atoms with E-state index >= 15 is 0 Å². The van der Waals surface area contributed by atoms with Gasteiger partial charge in [0.2, 0.25) is 0 Å². The number of rotatable bonds is 4. The van der Waals surface area contributed by atoms with Crippen LogP contribution in [0.3, 0.4) is 0 Å². The van der Waals surface area contributed by atoms with Gasteiger partial charge < -0.3 is 0 Å². The highest BCUT2D eigenvalue weighted by molar-refractivity contribution is 8.18. The molecule has 0 atom stereocenters. The van der Waals surface area contributed by atoms with E-state index < -0.39 is 0 Å². The fraction of sp³-hybridized carbons (Fsp3) is 0.0556. The third-order valence-electron chi connectivity index (χ3n) is 3.36. The maximum absolute atomic E-state index is 12.7. The first kappa shape index (κ1) is 17.7. The Labute approximate surface area is 159 Å². The fourth-order valence-corrected chi connectivity index (χ4v) is 3.52. The number of thioether (sulfide) groups is 1. The Balaban J connectivity index is 2.00. The van der Waals surface area contributed by atoms with Gasteiger partial charge in [0.15, 0.2) is 5.17 Å². The molecular weight excluding hydrogens is 377 g/mol. The minimum absolute atomic E-state index is 0.145. The van der Waals surface area contributed by atoms with Crippen molar-refractivity contribution < 1.29 is 4.79 Å². The third-order valence-corrected chi connectivity index (χ3v) is 5.00. The second kappa shape index (κ2) is 7.87. The Morgan fingerprint density at radius 1 is 1.24 bits per heavy atom. The van der Waals surface area contributed by atoms with Crippen LogP contribution in [0.4, 0.5) is 5.69 Å². The Bertz CT molecular complexity index is 895. The molecule has 7 heteroatoms. The van der Waals surface area contributed by atoms with Crippen LogP contribution in [0.25, 0.3) is 6.08 Å². The zero-order valence-corrected chi connectivity index (χ0v) is 15.4. The topological polar surface area (TPSA) is 45.6 Å². The van der Waals surface area contributed by atoms with Crippen molar-refractivity contribution >= 4 is 57.8 Å². The highest BCUT2D eigenvalue weighted by Crippen LogP contribution is 2.36. The molecule has 1 aromatic carbocycles. The maximum Gasteiger partial charge on any atom is 0.267 e. The van der Waals surface area contributed by atoms with Gasteiger partial charge in [0.25, 0.3) is 5.91 Å². The number of aliphatic imine (C=N–C) groups is 1. The van der Waals surface area contributed by atoms with Crippen molar-refractivity contribution in [2.45, 2.75) is 0 Å². The Morgan fingerprint density at radius 3 is 2.76 bits per heavy atom. The van der Waals surface area contributed by atoms with E-state index in [-0.39, 0.29) is 5.91 Å². The molecule has 0 unspecified atom stereocenters. The highest BCUT2D eigenvalue weighted by Gasteiger charge is 2.32. The number of pyridine rings is 1. The van der Waals surface area contributed by atoms with Crippen molar-refractivity contribution in [3.05, 3.63) is 75.9 Å². The lowest BCUT2D eigenvalue weighted by atomic mass is 10.2. The lowest BCUT2D eigenvalue weighted by molar-refractivity contribution is -0.121. The van der Waals surface area contributed by atoms with Gasteiger partial charge in [-0.05, 0) is 35.5 Å². The van der Waals surface area contributed by atoms with Gasteiger partial charge in [-0.15, -0.1) is 6.58 Å². The molecule has 2 heterocycles. The summed E-state index contributed by atoms with van der Waals surface area (Å²) in [6.07, 6.45) is 6.54. The van der Waals surface area contributed by atoms with E-state index in [1.165, 1.54) is 18.0 Å². The first-order valence-electron chi connectivity index (χ1n) is 7.35. The average molecular weight is 390 g/mol. The van der Waals surface area contributed by atoms with E-state index in [2.05, 4.69) is 16.6 Å². The molecule has 1 saturated heterocycles. The molecule has 4 nitrogen and oxygen atoms in total. The number of benzene rings is 1. The van der Waals surface area contributed by atoms with Crippen LogP contribution in [0.15, 0.2) is 65.3 Å². The summed E-state index contributed by atoms with van der Waals surface area (Å²) in [6.45, 7) is 4.06. The molecule has 3 rings (SSSR count). The Morgan fingerprint density at radius 2 is 2.04 bits per heavy atom. The first-order chi connectivity index (χ1) is 12.1. The third kappa shape index (κ3) is 3.95. The molecule has 1 aliphatic rings. The van der Waals surface area contributed by atoms with Crippen molar-refractivity contribution in [2.75, 3.05) is 6.54 Å². The van der Waals surface area contributed by atoms with Gasteiger partial charge in [-0.2, -0.15) is 0 Å². The molecule has 0 N–H and O–H groups in total.